The number of benzene rings is 1. The van der Waals surface area contributed by atoms with Crippen LogP contribution in [0.3, 0.4) is 0 Å². The predicted molar refractivity (Wildman–Crippen MR) is 43.1 cm³/mol. The Morgan fingerprint density at radius 3 is 2.00 bits per heavy atom. The molecule has 1 aliphatic heterocycles. The Bertz CT molecular complexity index is 289. The van der Waals surface area contributed by atoms with Crippen LogP contribution in [0.5, 0.6) is 0 Å². The van der Waals surface area contributed by atoms with Gasteiger partial charge in [-0.3, -0.25) is 0 Å². The van der Waals surface area contributed by atoms with Gasteiger partial charge in [-0.25, -0.2) is 0 Å². The van der Waals surface area contributed by atoms with Crippen molar-refractivity contribution in [3.05, 3.63) is 24.3 Å². The van der Waals surface area contributed by atoms with Crippen molar-refractivity contribution >= 4 is 23.5 Å². The molecule has 0 spiro atoms. The number of fused-ring (bicyclic) bond motifs is 1. The summed E-state index contributed by atoms with van der Waals surface area (Å²) < 4.78 is 7.39. The first-order chi connectivity index (χ1) is 5.47. The summed E-state index contributed by atoms with van der Waals surface area (Å²) in [6.07, 6.45) is 0. The summed E-state index contributed by atoms with van der Waals surface area (Å²) in [4.78, 5) is 0. The van der Waals surface area contributed by atoms with Gasteiger partial charge in [-0.05, 0) is 12.1 Å². The van der Waals surface area contributed by atoms with Crippen LogP contribution in [0.4, 0.5) is 11.4 Å². The summed E-state index contributed by atoms with van der Waals surface area (Å²) in [5.74, 6) is 0. The lowest BCUT2D eigenvalue weighted by atomic mass is 10.3. The average Bonchev–Trinajstić information content (AvgIpc) is 2.28. The second-order valence-corrected chi connectivity index (χ2v) is 2.42. The molecular weight excluding hydrogens is 160 g/mol. The van der Waals surface area contributed by atoms with Crippen LogP contribution >= 0.6 is 12.1 Å². The maximum Gasteiger partial charge on any atom is 0.160 e. The lowest BCUT2D eigenvalue weighted by molar-refractivity contribution is 1.31. The fraction of sp³-hybridized carbons (Fsp3) is 0. The van der Waals surface area contributed by atoms with Gasteiger partial charge in [0, 0.05) is 0 Å². The highest BCUT2D eigenvalue weighted by Gasteiger charge is 2.00. The summed E-state index contributed by atoms with van der Waals surface area (Å²) in [5.41, 5.74) is 1.53. The van der Waals surface area contributed by atoms with Crippen molar-refractivity contribution in [1.29, 1.82) is 0 Å². The van der Waals surface area contributed by atoms with Crippen LogP contribution in [-0.4, -0.2) is 0 Å². The fourth-order valence-corrected chi connectivity index (χ4v) is 1.06. The summed E-state index contributed by atoms with van der Waals surface area (Å²) in [7, 11) is 0. The normalized spacial score (nSPS) is 14.2. The fourth-order valence-electron chi connectivity index (χ4n) is 0.774. The van der Waals surface area contributed by atoms with Gasteiger partial charge in [0.05, 0.1) is 0 Å². The number of hydrogen-bond donors (Lipinski definition) is 0. The quantitative estimate of drug-likeness (QED) is 0.542. The van der Waals surface area contributed by atoms with Crippen LogP contribution in [0, 0.1) is 0 Å². The Labute approximate surface area is 67.7 Å². The highest BCUT2D eigenvalue weighted by atomic mass is 32.2. The highest BCUT2D eigenvalue weighted by molar-refractivity contribution is 7.96. The van der Waals surface area contributed by atoms with Crippen LogP contribution in [0.2, 0.25) is 0 Å². The zero-order valence-electron chi connectivity index (χ0n) is 5.51. The number of nitrogens with zero attached hydrogens (tertiary/aromatic N) is 4. The van der Waals surface area contributed by atoms with Crippen molar-refractivity contribution in [1.82, 2.24) is 0 Å². The summed E-state index contributed by atoms with van der Waals surface area (Å²) in [6, 6.07) is 7.49. The van der Waals surface area contributed by atoms with Crippen molar-refractivity contribution in [2.75, 3.05) is 0 Å². The van der Waals surface area contributed by atoms with Crippen LogP contribution < -0.4 is 0 Å². The molecule has 11 heavy (non-hydrogen) atoms. The molecule has 0 atom stereocenters. The molecule has 0 fully saturated rings. The molecule has 1 aromatic rings. The third-order valence-corrected chi connectivity index (χ3v) is 1.56. The second-order valence-electron chi connectivity index (χ2n) is 1.93. The van der Waals surface area contributed by atoms with E-state index in [1.54, 1.807) is 0 Å². The van der Waals surface area contributed by atoms with E-state index in [1.165, 1.54) is 0 Å². The van der Waals surface area contributed by atoms with E-state index in [2.05, 4.69) is 19.3 Å². The van der Waals surface area contributed by atoms with E-state index < -0.39 is 0 Å². The standard InChI is InChI=1S/C6H4N4S/c1-2-4-6-5(3-1)7-9-11-10-8-6/h1-4H. The lowest BCUT2D eigenvalue weighted by Crippen LogP contribution is -1.62. The summed E-state index contributed by atoms with van der Waals surface area (Å²) in [5, 5.41) is 7.77. The molecule has 1 aliphatic rings. The lowest BCUT2D eigenvalue weighted by Gasteiger charge is -1.91. The minimum Gasteiger partial charge on any atom is -0.140 e. The smallest absolute Gasteiger partial charge is 0.140 e. The Kier molecular flexibility index (Phi) is 1.64. The Hall–Kier alpha value is -1.23. The summed E-state index contributed by atoms with van der Waals surface area (Å²) in [6.45, 7) is 0. The van der Waals surface area contributed by atoms with Gasteiger partial charge < -0.3 is 0 Å². The monoisotopic (exact) mass is 164 g/mol. The zero-order valence-corrected chi connectivity index (χ0v) is 6.32. The van der Waals surface area contributed by atoms with Crippen molar-refractivity contribution in [2.45, 2.75) is 0 Å². The summed E-state index contributed by atoms with van der Waals surface area (Å²) >= 11 is 0.989. The molecule has 1 aromatic carbocycles. The molecule has 0 bridgehead atoms. The van der Waals surface area contributed by atoms with E-state index >= 15 is 0 Å². The van der Waals surface area contributed by atoms with E-state index in [9.17, 15) is 0 Å². The number of rotatable bonds is 0. The molecule has 0 aliphatic carbocycles. The van der Waals surface area contributed by atoms with Crippen molar-refractivity contribution in [3.63, 3.8) is 0 Å². The molecule has 0 N–H and O–H groups in total. The largest absolute Gasteiger partial charge is 0.160 e. The molecule has 4 nitrogen and oxygen atoms in total. The average molecular weight is 164 g/mol. The van der Waals surface area contributed by atoms with Crippen molar-refractivity contribution in [2.24, 2.45) is 19.3 Å². The van der Waals surface area contributed by atoms with Gasteiger partial charge in [-0.1, -0.05) is 21.2 Å². The maximum atomic E-state index is 3.89. The second kappa shape index (κ2) is 2.79. The molecule has 1 heterocycles. The Morgan fingerprint density at radius 2 is 1.45 bits per heavy atom. The minimum absolute atomic E-state index is 0.765. The van der Waals surface area contributed by atoms with Gasteiger partial charge in [0.15, 0.2) is 12.1 Å². The molecule has 5 heteroatoms. The Morgan fingerprint density at radius 1 is 0.909 bits per heavy atom. The van der Waals surface area contributed by atoms with Gasteiger partial charge in [0.1, 0.15) is 11.4 Å². The molecule has 0 aromatic heterocycles. The van der Waals surface area contributed by atoms with Crippen molar-refractivity contribution < 1.29 is 0 Å². The number of hydrogen-bond acceptors (Lipinski definition) is 5. The molecule has 54 valence electrons. The maximum absolute atomic E-state index is 3.89. The van der Waals surface area contributed by atoms with Gasteiger partial charge in [0.2, 0.25) is 0 Å². The third kappa shape index (κ3) is 1.27. The van der Waals surface area contributed by atoms with E-state index in [1.807, 2.05) is 24.3 Å². The molecule has 0 amide bonds. The predicted octanol–water partition coefficient (Wildman–Crippen LogP) is 3.43. The minimum atomic E-state index is 0.765. The topological polar surface area (TPSA) is 49.4 Å². The Balaban J connectivity index is 2.58. The van der Waals surface area contributed by atoms with Crippen LogP contribution in [-0.2, 0) is 0 Å². The van der Waals surface area contributed by atoms with Gasteiger partial charge >= 0.3 is 0 Å². The van der Waals surface area contributed by atoms with Crippen molar-refractivity contribution in [3.8, 4) is 0 Å². The van der Waals surface area contributed by atoms with E-state index in [4.69, 9.17) is 0 Å². The highest BCUT2D eigenvalue weighted by Crippen LogP contribution is 2.32. The van der Waals surface area contributed by atoms with Crippen LogP contribution in [0.15, 0.2) is 43.5 Å². The zero-order chi connectivity index (χ0) is 7.52. The first-order valence-electron chi connectivity index (χ1n) is 3.04. The van der Waals surface area contributed by atoms with E-state index in [0.29, 0.717) is 0 Å². The first-order valence-corrected chi connectivity index (χ1v) is 3.77. The molecule has 2 rings (SSSR count). The van der Waals surface area contributed by atoms with Gasteiger partial charge in [-0.15, -0.1) is 10.2 Å². The third-order valence-electron chi connectivity index (χ3n) is 1.25. The van der Waals surface area contributed by atoms with E-state index in [0.717, 1.165) is 23.5 Å². The first kappa shape index (κ1) is 6.48. The molecular formula is C6H4N4S. The van der Waals surface area contributed by atoms with Crippen LogP contribution in [0.1, 0.15) is 0 Å². The molecule has 0 saturated heterocycles. The van der Waals surface area contributed by atoms with Crippen LogP contribution in [0.25, 0.3) is 0 Å². The van der Waals surface area contributed by atoms with E-state index in [-0.39, 0.29) is 0 Å². The SMILES string of the molecule is c1ccc2c(c1)N=NSN=N2. The molecule has 0 unspecified atom stereocenters. The van der Waals surface area contributed by atoms with Gasteiger partial charge in [-0.2, -0.15) is 0 Å². The molecule has 0 saturated carbocycles. The van der Waals surface area contributed by atoms with Gasteiger partial charge in [0.25, 0.3) is 0 Å². The molecule has 0 radical (unpaired) electrons.